The highest BCUT2D eigenvalue weighted by atomic mass is 16.7. The minimum Gasteiger partial charge on any atom is -0.450 e. The number of carbonyl (C=O) groups is 2. The van der Waals surface area contributed by atoms with Gasteiger partial charge < -0.3 is 24.4 Å². The van der Waals surface area contributed by atoms with Gasteiger partial charge in [-0.15, -0.1) is 0 Å². The van der Waals surface area contributed by atoms with Gasteiger partial charge in [0.05, 0.1) is 19.8 Å². The zero-order chi connectivity index (χ0) is 16.8. The van der Waals surface area contributed by atoms with Gasteiger partial charge in [0.2, 0.25) is 5.91 Å². The summed E-state index contributed by atoms with van der Waals surface area (Å²) in [5, 5.41) is 2.68. The highest BCUT2D eigenvalue weighted by Gasteiger charge is 2.35. The Kier molecular flexibility index (Phi) is 6.65. The number of nitrogens with zero attached hydrogens (tertiary/aromatic N) is 1. The van der Waals surface area contributed by atoms with E-state index in [1.165, 1.54) is 0 Å². The molecule has 0 radical (unpaired) electrons. The first-order valence-electron chi connectivity index (χ1n) is 8.48. The molecule has 0 aliphatic carbocycles. The minimum absolute atomic E-state index is 0.00567. The van der Waals surface area contributed by atoms with Gasteiger partial charge in [-0.25, -0.2) is 4.79 Å². The van der Waals surface area contributed by atoms with E-state index in [0.717, 1.165) is 12.8 Å². The van der Waals surface area contributed by atoms with Crippen molar-refractivity contribution in [2.45, 2.75) is 45.9 Å². The molecule has 0 aromatic rings. The molecule has 23 heavy (non-hydrogen) atoms. The SMILES string of the molecule is CCOC(=O)NC(C(=O)N1CCC(C2OCCO2)CC1)C(C)C. The highest BCUT2D eigenvalue weighted by Crippen LogP contribution is 2.26. The normalized spacial score (nSPS) is 21.5. The number of carbonyl (C=O) groups excluding carboxylic acids is 2. The van der Waals surface area contributed by atoms with Crippen molar-refractivity contribution >= 4 is 12.0 Å². The molecule has 1 unspecified atom stereocenters. The second kappa shape index (κ2) is 8.49. The topological polar surface area (TPSA) is 77.1 Å². The van der Waals surface area contributed by atoms with E-state index in [-0.39, 0.29) is 24.7 Å². The van der Waals surface area contributed by atoms with E-state index in [4.69, 9.17) is 14.2 Å². The van der Waals surface area contributed by atoms with Gasteiger partial charge in [0.15, 0.2) is 6.29 Å². The van der Waals surface area contributed by atoms with E-state index in [1.807, 2.05) is 18.7 Å². The lowest BCUT2D eigenvalue weighted by Crippen LogP contribution is -2.53. The van der Waals surface area contributed by atoms with Crippen molar-refractivity contribution in [2.75, 3.05) is 32.9 Å². The summed E-state index contributed by atoms with van der Waals surface area (Å²) in [5.74, 6) is 0.308. The summed E-state index contributed by atoms with van der Waals surface area (Å²) in [4.78, 5) is 26.2. The van der Waals surface area contributed by atoms with Gasteiger partial charge in [0, 0.05) is 19.0 Å². The number of amides is 2. The molecule has 0 spiro atoms. The van der Waals surface area contributed by atoms with E-state index in [9.17, 15) is 9.59 Å². The number of alkyl carbamates (subject to hydrolysis) is 1. The maximum Gasteiger partial charge on any atom is 0.407 e. The van der Waals surface area contributed by atoms with Crippen LogP contribution in [0, 0.1) is 11.8 Å². The van der Waals surface area contributed by atoms with Crippen LogP contribution in [0.25, 0.3) is 0 Å². The third-order valence-electron chi connectivity index (χ3n) is 4.37. The minimum atomic E-state index is -0.551. The fraction of sp³-hybridized carbons (Fsp3) is 0.875. The second-order valence-corrected chi connectivity index (χ2v) is 6.36. The molecular weight excluding hydrogens is 300 g/mol. The van der Waals surface area contributed by atoms with Crippen LogP contribution in [0.1, 0.15) is 33.6 Å². The molecule has 2 aliphatic rings. The molecule has 0 aromatic heterocycles. The third-order valence-corrected chi connectivity index (χ3v) is 4.37. The largest absolute Gasteiger partial charge is 0.450 e. The van der Waals surface area contributed by atoms with E-state index in [0.29, 0.717) is 32.2 Å². The molecule has 132 valence electrons. The summed E-state index contributed by atoms with van der Waals surface area (Å²) < 4.78 is 16.0. The van der Waals surface area contributed by atoms with Crippen molar-refractivity contribution in [3.05, 3.63) is 0 Å². The lowest BCUT2D eigenvalue weighted by atomic mass is 9.94. The van der Waals surface area contributed by atoms with Crippen molar-refractivity contribution in [3.8, 4) is 0 Å². The Labute approximate surface area is 137 Å². The summed E-state index contributed by atoms with van der Waals surface area (Å²) >= 11 is 0. The molecule has 2 saturated heterocycles. The van der Waals surface area contributed by atoms with Crippen LogP contribution in [0.4, 0.5) is 4.79 Å². The predicted octanol–water partition coefficient (Wildman–Crippen LogP) is 1.37. The van der Waals surface area contributed by atoms with Crippen LogP contribution in [-0.4, -0.2) is 62.1 Å². The Balaban J connectivity index is 1.86. The molecule has 2 fully saturated rings. The standard InChI is InChI=1S/C16H28N2O5/c1-4-21-16(20)17-13(11(2)3)14(19)18-7-5-12(6-8-18)15-22-9-10-23-15/h11-13,15H,4-10H2,1-3H3,(H,17,20). The molecule has 1 atom stereocenters. The zero-order valence-corrected chi connectivity index (χ0v) is 14.2. The first-order chi connectivity index (χ1) is 11.0. The number of nitrogens with one attached hydrogen (secondary N) is 1. The Hall–Kier alpha value is -1.34. The number of piperidine rings is 1. The van der Waals surface area contributed by atoms with Crippen LogP contribution in [0.15, 0.2) is 0 Å². The van der Waals surface area contributed by atoms with Gasteiger partial charge in [-0.05, 0) is 25.7 Å². The van der Waals surface area contributed by atoms with Gasteiger partial charge in [-0.3, -0.25) is 4.79 Å². The summed E-state index contributed by atoms with van der Waals surface area (Å²) in [6.45, 7) is 8.51. The first kappa shape index (κ1) is 18.0. The third kappa shape index (κ3) is 4.81. The molecule has 0 saturated carbocycles. The maximum absolute atomic E-state index is 12.7. The van der Waals surface area contributed by atoms with Gasteiger partial charge in [0.25, 0.3) is 0 Å². The Bertz CT molecular complexity index is 401. The fourth-order valence-electron chi connectivity index (χ4n) is 3.05. The molecule has 0 bridgehead atoms. The molecule has 7 heteroatoms. The Morgan fingerprint density at radius 3 is 2.35 bits per heavy atom. The molecule has 1 N–H and O–H groups in total. The smallest absolute Gasteiger partial charge is 0.407 e. The van der Waals surface area contributed by atoms with Crippen LogP contribution >= 0.6 is 0 Å². The number of rotatable bonds is 5. The molecule has 7 nitrogen and oxygen atoms in total. The Morgan fingerprint density at radius 2 is 1.83 bits per heavy atom. The zero-order valence-electron chi connectivity index (χ0n) is 14.2. The lowest BCUT2D eigenvalue weighted by molar-refractivity contribution is -0.139. The molecular formula is C16H28N2O5. The van der Waals surface area contributed by atoms with E-state index in [1.54, 1.807) is 6.92 Å². The average molecular weight is 328 g/mol. The van der Waals surface area contributed by atoms with Gasteiger partial charge in [-0.2, -0.15) is 0 Å². The lowest BCUT2D eigenvalue weighted by Gasteiger charge is -2.36. The number of likely N-dealkylation sites (tertiary alicyclic amines) is 1. The molecule has 2 heterocycles. The molecule has 0 aromatic carbocycles. The number of ether oxygens (including phenoxy) is 3. The molecule has 2 aliphatic heterocycles. The van der Waals surface area contributed by atoms with Crippen molar-refractivity contribution in [2.24, 2.45) is 11.8 Å². The van der Waals surface area contributed by atoms with Gasteiger partial charge in [0.1, 0.15) is 6.04 Å². The van der Waals surface area contributed by atoms with Crippen LogP contribution < -0.4 is 5.32 Å². The molecule has 2 amide bonds. The fourth-order valence-corrected chi connectivity index (χ4v) is 3.05. The van der Waals surface area contributed by atoms with Crippen molar-refractivity contribution in [1.29, 1.82) is 0 Å². The van der Waals surface area contributed by atoms with Crippen LogP contribution in [0.5, 0.6) is 0 Å². The van der Waals surface area contributed by atoms with Crippen LogP contribution in [-0.2, 0) is 19.0 Å². The van der Waals surface area contributed by atoms with Crippen molar-refractivity contribution in [1.82, 2.24) is 10.2 Å². The summed E-state index contributed by atoms with van der Waals surface area (Å²) in [6.07, 6.45) is 1.06. The summed E-state index contributed by atoms with van der Waals surface area (Å²) in [6, 6.07) is -0.551. The summed E-state index contributed by atoms with van der Waals surface area (Å²) in [7, 11) is 0. The van der Waals surface area contributed by atoms with Crippen LogP contribution in [0.3, 0.4) is 0 Å². The Morgan fingerprint density at radius 1 is 1.22 bits per heavy atom. The van der Waals surface area contributed by atoms with Crippen molar-refractivity contribution < 1.29 is 23.8 Å². The second-order valence-electron chi connectivity index (χ2n) is 6.36. The maximum atomic E-state index is 12.7. The summed E-state index contributed by atoms with van der Waals surface area (Å²) in [5.41, 5.74) is 0. The number of hydrogen-bond donors (Lipinski definition) is 1. The van der Waals surface area contributed by atoms with E-state index < -0.39 is 12.1 Å². The predicted molar refractivity (Wildman–Crippen MR) is 83.8 cm³/mol. The average Bonchev–Trinajstić information content (AvgIpc) is 3.06. The van der Waals surface area contributed by atoms with Crippen molar-refractivity contribution in [3.63, 3.8) is 0 Å². The van der Waals surface area contributed by atoms with Gasteiger partial charge in [-0.1, -0.05) is 13.8 Å². The molecule has 2 rings (SSSR count). The first-order valence-corrected chi connectivity index (χ1v) is 8.48. The monoisotopic (exact) mass is 328 g/mol. The highest BCUT2D eigenvalue weighted by molar-refractivity contribution is 5.86. The van der Waals surface area contributed by atoms with Gasteiger partial charge >= 0.3 is 6.09 Å². The van der Waals surface area contributed by atoms with E-state index in [2.05, 4.69) is 5.32 Å². The quantitative estimate of drug-likeness (QED) is 0.825. The number of hydrogen-bond acceptors (Lipinski definition) is 5. The van der Waals surface area contributed by atoms with E-state index >= 15 is 0 Å². The van der Waals surface area contributed by atoms with Crippen LogP contribution in [0.2, 0.25) is 0 Å².